The van der Waals surface area contributed by atoms with Gasteiger partial charge in [0.2, 0.25) is 0 Å². The molecule has 0 fully saturated rings. The van der Waals surface area contributed by atoms with Crippen LogP contribution in [-0.4, -0.2) is 22.7 Å². The molecule has 7 heteroatoms. The van der Waals surface area contributed by atoms with Gasteiger partial charge in [0.05, 0.1) is 13.3 Å². The number of aliphatic hydroxyl groups excluding tert-OH is 1. The van der Waals surface area contributed by atoms with Gasteiger partial charge in [-0.15, -0.1) is 0 Å². The summed E-state index contributed by atoms with van der Waals surface area (Å²) in [7, 11) is 1.48. The van der Waals surface area contributed by atoms with Gasteiger partial charge in [0, 0.05) is 16.7 Å². The van der Waals surface area contributed by atoms with E-state index in [9.17, 15) is 18.3 Å². The van der Waals surface area contributed by atoms with E-state index in [0.29, 0.717) is 16.9 Å². The van der Waals surface area contributed by atoms with Gasteiger partial charge >= 0.3 is 5.51 Å². The van der Waals surface area contributed by atoms with Crippen LogP contribution >= 0.6 is 11.8 Å². The number of nitrogens with zero attached hydrogens (tertiary/aromatic N) is 1. The third-order valence-electron chi connectivity index (χ3n) is 2.72. The fraction of sp³-hybridized carbons (Fsp3) is 0.214. The number of ether oxygens (including phenoxy) is 1. The summed E-state index contributed by atoms with van der Waals surface area (Å²) in [6.45, 7) is 0. The first-order chi connectivity index (χ1) is 9.89. The summed E-state index contributed by atoms with van der Waals surface area (Å²) < 4.78 is 41.7. The third-order valence-corrected chi connectivity index (χ3v) is 3.45. The van der Waals surface area contributed by atoms with Gasteiger partial charge in [0.15, 0.2) is 0 Å². The smallest absolute Gasteiger partial charge is 0.446 e. The van der Waals surface area contributed by atoms with Crippen molar-refractivity contribution in [2.45, 2.75) is 16.5 Å². The summed E-state index contributed by atoms with van der Waals surface area (Å²) in [5.74, 6) is 0.496. The molecule has 0 bridgehead atoms. The lowest BCUT2D eigenvalue weighted by atomic mass is 10.0. The highest BCUT2D eigenvalue weighted by molar-refractivity contribution is 8.00. The Morgan fingerprint density at radius 1 is 1.14 bits per heavy atom. The second-order valence-electron chi connectivity index (χ2n) is 4.18. The summed E-state index contributed by atoms with van der Waals surface area (Å²) in [5.41, 5.74) is -3.33. The van der Waals surface area contributed by atoms with Crippen molar-refractivity contribution in [2.24, 2.45) is 0 Å². The zero-order valence-electron chi connectivity index (χ0n) is 11.0. The van der Waals surface area contributed by atoms with Gasteiger partial charge < -0.3 is 9.84 Å². The molecule has 0 aliphatic carbocycles. The monoisotopic (exact) mass is 315 g/mol. The molecule has 2 aromatic rings. The van der Waals surface area contributed by atoms with Gasteiger partial charge in [0.25, 0.3) is 0 Å². The molecule has 0 radical (unpaired) electrons. The number of benzene rings is 1. The summed E-state index contributed by atoms with van der Waals surface area (Å²) in [4.78, 5) is 4.00. The minimum Gasteiger partial charge on any atom is -0.495 e. The van der Waals surface area contributed by atoms with Gasteiger partial charge in [-0.3, -0.25) is 4.98 Å². The Hall–Kier alpha value is -1.73. The number of rotatable bonds is 4. The van der Waals surface area contributed by atoms with Crippen LogP contribution in [0.5, 0.6) is 5.75 Å². The molecule has 1 aromatic heterocycles. The minimum atomic E-state index is -4.32. The van der Waals surface area contributed by atoms with Gasteiger partial charge in [-0.05, 0) is 35.5 Å². The quantitative estimate of drug-likeness (QED) is 0.872. The number of aromatic nitrogens is 1. The molecule has 1 N–H and O–H groups in total. The number of pyridine rings is 1. The predicted molar refractivity (Wildman–Crippen MR) is 73.2 cm³/mol. The van der Waals surface area contributed by atoms with E-state index in [-0.39, 0.29) is 16.7 Å². The minimum absolute atomic E-state index is 0.0715. The SMILES string of the molecule is COc1cncc(C(O)c2ccc(SC(F)(F)F)cc2)c1. The fourth-order valence-corrected chi connectivity index (χ4v) is 2.28. The molecular weight excluding hydrogens is 303 g/mol. The standard InChI is InChI=1S/C14H12F3NO2S/c1-20-11-6-10(7-18-8-11)13(19)9-2-4-12(5-3-9)21-14(15,16)17/h2-8,13,19H,1H3. The first kappa shape index (κ1) is 15.7. The first-order valence-electron chi connectivity index (χ1n) is 5.92. The molecule has 0 aliphatic rings. The van der Waals surface area contributed by atoms with E-state index in [1.807, 2.05) is 0 Å². The van der Waals surface area contributed by atoms with Crippen molar-refractivity contribution in [1.82, 2.24) is 4.98 Å². The number of hydrogen-bond donors (Lipinski definition) is 1. The third kappa shape index (κ3) is 4.37. The second-order valence-corrected chi connectivity index (χ2v) is 5.32. The average molecular weight is 315 g/mol. The van der Waals surface area contributed by atoms with Crippen LogP contribution in [0.2, 0.25) is 0 Å². The molecule has 0 aliphatic heterocycles. The number of aliphatic hydroxyl groups is 1. The van der Waals surface area contributed by atoms with Crippen molar-refractivity contribution >= 4 is 11.8 Å². The van der Waals surface area contributed by atoms with Gasteiger partial charge in [-0.1, -0.05) is 12.1 Å². The number of methoxy groups -OCH3 is 1. The van der Waals surface area contributed by atoms with E-state index in [2.05, 4.69) is 4.98 Å². The molecule has 1 heterocycles. The zero-order chi connectivity index (χ0) is 15.5. The summed E-state index contributed by atoms with van der Waals surface area (Å²) >= 11 is -0.191. The van der Waals surface area contributed by atoms with Crippen LogP contribution in [0.1, 0.15) is 17.2 Å². The Morgan fingerprint density at radius 3 is 2.38 bits per heavy atom. The Morgan fingerprint density at radius 2 is 1.81 bits per heavy atom. The lowest BCUT2D eigenvalue weighted by molar-refractivity contribution is -0.0328. The van der Waals surface area contributed by atoms with Crippen LogP contribution in [0.15, 0.2) is 47.6 Å². The molecule has 1 atom stereocenters. The van der Waals surface area contributed by atoms with Gasteiger partial charge in [-0.25, -0.2) is 0 Å². The molecule has 0 amide bonds. The van der Waals surface area contributed by atoms with Crippen LogP contribution in [0.3, 0.4) is 0 Å². The molecule has 2 rings (SSSR count). The van der Waals surface area contributed by atoms with E-state index in [1.54, 1.807) is 6.07 Å². The van der Waals surface area contributed by atoms with Crippen molar-refractivity contribution in [3.63, 3.8) is 0 Å². The van der Waals surface area contributed by atoms with Crippen molar-refractivity contribution in [2.75, 3.05) is 7.11 Å². The largest absolute Gasteiger partial charge is 0.495 e. The van der Waals surface area contributed by atoms with Gasteiger partial charge in [0.1, 0.15) is 11.9 Å². The Bertz CT molecular complexity index is 602. The molecule has 0 spiro atoms. The van der Waals surface area contributed by atoms with E-state index < -0.39 is 11.6 Å². The summed E-state index contributed by atoms with van der Waals surface area (Å²) in [6.07, 6.45) is 2.00. The van der Waals surface area contributed by atoms with Crippen molar-refractivity contribution in [1.29, 1.82) is 0 Å². The maximum absolute atomic E-state index is 12.2. The maximum atomic E-state index is 12.2. The van der Waals surface area contributed by atoms with Crippen LogP contribution in [-0.2, 0) is 0 Å². The zero-order valence-corrected chi connectivity index (χ0v) is 11.8. The Labute approximate surface area is 123 Å². The van der Waals surface area contributed by atoms with Crippen molar-refractivity contribution in [3.05, 3.63) is 53.9 Å². The molecule has 3 nitrogen and oxygen atoms in total. The normalized spacial score (nSPS) is 13.0. The predicted octanol–water partition coefficient (Wildman–Crippen LogP) is 3.78. The lowest BCUT2D eigenvalue weighted by Gasteiger charge is -2.13. The van der Waals surface area contributed by atoms with E-state index in [4.69, 9.17) is 4.74 Å². The highest BCUT2D eigenvalue weighted by atomic mass is 32.2. The van der Waals surface area contributed by atoms with Crippen LogP contribution in [0.4, 0.5) is 13.2 Å². The van der Waals surface area contributed by atoms with Crippen LogP contribution < -0.4 is 4.74 Å². The first-order valence-corrected chi connectivity index (χ1v) is 6.73. The Balaban J connectivity index is 2.17. The number of halogens is 3. The molecular formula is C14H12F3NO2S. The molecule has 1 unspecified atom stereocenters. The average Bonchev–Trinajstić information content (AvgIpc) is 2.46. The van der Waals surface area contributed by atoms with Gasteiger partial charge in [-0.2, -0.15) is 13.2 Å². The van der Waals surface area contributed by atoms with E-state index >= 15 is 0 Å². The molecule has 0 saturated heterocycles. The maximum Gasteiger partial charge on any atom is 0.446 e. The molecule has 112 valence electrons. The highest BCUT2D eigenvalue weighted by Crippen LogP contribution is 2.37. The Kier molecular flexibility index (Phi) is 4.74. The molecule has 1 aromatic carbocycles. The van der Waals surface area contributed by atoms with Crippen molar-refractivity contribution < 1.29 is 23.0 Å². The van der Waals surface area contributed by atoms with Crippen LogP contribution in [0, 0.1) is 0 Å². The summed E-state index contributed by atoms with van der Waals surface area (Å²) in [5, 5.41) is 10.2. The topological polar surface area (TPSA) is 42.4 Å². The number of thioether (sulfide) groups is 1. The fourth-order valence-electron chi connectivity index (χ4n) is 1.74. The van der Waals surface area contributed by atoms with E-state index in [1.165, 1.54) is 43.8 Å². The number of hydrogen-bond acceptors (Lipinski definition) is 4. The number of alkyl halides is 3. The van der Waals surface area contributed by atoms with Crippen LogP contribution in [0.25, 0.3) is 0 Å². The molecule has 0 saturated carbocycles. The van der Waals surface area contributed by atoms with E-state index in [0.717, 1.165) is 0 Å². The molecule has 21 heavy (non-hydrogen) atoms. The highest BCUT2D eigenvalue weighted by Gasteiger charge is 2.29. The van der Waals surface area contributed by atoms with Crippen molar-refractivity contribution in [3.8, 4) is 5.75 Å². The summed E-state index contributed by atoms with van der Waals surface area (Å²) in [6, 6.07) is 7.18. The lowest BCUT2D eigenvalue weighted by Crippen LogP contribution is -2.02. The second kappa shape index (κ2) is 6.36.